The van der Waals surface area contributed by atoms with Crippen LogP contribution < -0.4 is 10.1 Å². The number of aliphatic hydroxyl groups excluding tert-OH is 1. The summed E-state index contributed by atoms with van der Waals surface area (Å²) in [4.78, 5) is 2.25. The lowest BCUT2D eigenvalue weighted by Gasteiger charge is -2.36. The molecule has 0 aliphatic carbocycles. The Bertz CT molecular complexity index is 434. The van der Waals surface area contributed by atoms with Gasteiger partial charge in [-0.05, 0) is 32.0 Å². The lowest BCUT2D eigenvalue weighted by Crippen LogP contribution is -2.52. The lowest BCUT2D eigenvalue weighted by atomic mass is 10.0. The third-order valence-electron chi connectivity index (χ3n) is 3.62. The zero-order chi connectivity index (χ0) is 14.6. The number of rotatable bonds is 5. The molecule has 4 nitrogen and oxygen atoms in total. The van der Waals surface area contributed by atoms with Crippen molar-refractivity contribution in [3.05, 3.63) is 29.3 Å². The second kappa shape index (κ2) is 6.76. The second-order valence-electron chi connectivity index (χ2n) is 5.73. The minimum atomic E-state index is -0.657. The summed E-state index contributed by atoms with van der Waals surface area (Å²) in [6.45, 7) is 8.30. The Morgan fingerprint density at radius 2 is 2.10 bits per heavy atom. The van der Waals surface area contributed by atoms with Gasteiger partial charge in [0.15, 0.2) is 0 Å². The van der Waals surface area contributed by atoms with Crippen LogP contribution in [-0.4, -0.2) is 54.4 Å². The predicted molar refractivity (Wildman–Crippen MR) is 81.5 cm³/mol. The average molecular weight is 299 g/mol. The van der Waals surface area contributed by atoms with Crippen molar-refractivity contribution in [3.8, 4) is 5.75 Å². The van der Waals surface area contributed by atoms with Gasteiger partial charge in [0.2, 0.25) is 0 Å². The smallest absolute Gasteiger partial charge is 0.130 e. The third-order valence-corrected chi connectivity index (χ3v) is 3.86. The van der Waals surface area contributed by atoms with E-state index in [0.717, 1.165) is 26.2 Å². The van der Waals surface area contributed by atoms with Crippen LogP contribution >= 0.6 is 11.6 Å². The Morgan fingerprint density at radius 3 is 2.75 bits per heavy atom. The molecule has 0 saturated carbocycles. The Balaban J connectivity index is 1.94. The molecule has 1 saturated heterocycles. The molecule has 112 valence electrons. The molecule has 2 N–H and O–H groups in total. The van der Waals surface area contributed by atoms with E-state index in [2.05, 4.69) is 10.2 Å². The van der Waals surface area contributed by atoms with Gasteiger partial charge in [0.25, 0.3) is 0 Å². The molecular formula is C15H23ClN2O2. The first-order chi connectivity index (χ1) is 9.47. The van der Waals surface area contributed by atoms with Gasteiger partial charge in [-0.15, -0.1) is 0 Å². The molecule has 0 amide bonds. The minimum absolute atomic E-state index is 0.556. The molecule has 0 bridgehead atoms. The van der Waals surface area contributed by atoms with E-state index in [-0.39, 0.29) is 0 Å². The molecule has 0 radical (unpaired) electrons. The summed E-state index contributed by atoms with van der Waals surface area (Å²) in [5.74, 6) is 0.682. The van der Waals surface area contributed by atoms with Gasteiger partial charge in [-0.3, -0.25) is 4.90 Å². The van der Waals surface area contributed by atoms with Crippen LogP contribution in [-0.2, 0) is 0 Å². The largest absolute Gasteiger partial charge is 0.485 e. The molecule has 5 heteroatoms. The van der Waals surface area contributed by atoms with E-state index in [1.54, 1.807) is 12.1 Å². The number of ether oxygens (including phenoxy) is 1. The summed E-state index contributed by atoms with van der Waals surface area (Å²) >= 11 is 5.95. The fourth-order valence-corrected chi connectivity index (χ4v) is 2.44. The van der Waals surface area contributed by atoms with Crippen LogP contribution in [0.4, 0.5) is 0 Å². The summed E-state index contributed by atoms with van der Waals surface area (Å²) < 4.78 is 5.91. The van der Waals surface area contributed by atoms with Crippen LogP contribution in [0.15, 0.2) is 24.3 Å². The van der Waals surface area contributed by atoms with E-state index in [0.29, 0.717) is 17.3 Å². The Labute approximate surface area is 125 Å². The van der Waals surface area contributed by atoms with Crippen molar-refractivity contribution in [2.75, 3.05) is 32.7 Å². The highest BCUT2D eigenvalue weighted by molar-refractivity contribution is 6.30. The maximum absolute atomic E-state index is 10.4. The average Bonchev–Trinajstić information content (AvgIpc) is 2.39. The van der Waals surface area contributed by atoms with Gasteiger partial charge in [-0.1, -0.05) is 17.7 Å². The highest BCUT2D eigenvalue weighted by atomic mass is 35.5. The molecule has 20 heavy (non-hydrogen) atoms. The zero-order valence-electron chi connectivity index (χ0n) is 12.1. The summed E-state index contributed by atoms with van der Waals surface area (Å²) in [5, 5.41) is 14.4. The molecule has 2 rings (SSSR count). The van der Waals surface area contributed by atoms with E-state index in [9.17, 15) is 5.11 Å². The van der Waals surface area contributed by atoms with Crippen molar-refractivity contribution >= 4 is 11.6 Å². The van der Waals surface area contributed by atoms with E-state index < -0.39 is 11.7 Å². The number of aliphatic hydroxyl groups is 1. The van der Waals surface area contributed by atoms with E-state index in [1.165, 1.54) is 0 Å². The first-order valence-corrected chi connectivity index (χ1v) is 7.41. The molecule has 1 fully saturated rings. The maximum Gasteiger partial charge on any atom is 0.130 e. The highest BCUT2D eigenvalue weighted by Crippen LogP contribution is 2.24. The van der Waals surface area contributed by atoms with Gasteiger partial charge in [0, 0.05) is 37.7 Å². The minimum Gasteiger partial charge on any atom is -0.485 e. The van der Waals surface area contributed by atoms with E-state index in [4.69, 9.17) is 16.3 Å². The highest BCUT2D eigenvalue weighted by Gasteiger charge is 2.31. The van der Waals surface area contributed by atoms with Gasteiger partial charge in [-0.2, -0.15) is 0 Å². The number of halogens is 1. The van der Waals surface area contributed by atoms with E-state index in [1.807, 2.05) is 26.0 Å². The molecule has 1 aliphatic heterocycles. The quantitative estimate of drug-likeness (QED) is 0.869. The van der Waals surface area contributed by atoms with Crippen LogP contribution in [0.25, 0.3) is 0 Å². The molecule has 1 aromatic rings. The van der Waals surface area contributed by atoms with Gasteiger partial charge in [0.05, 0.1) is 0 Å². The number of hydrogen-bond donors (Lipinski definition) is 2. The molecular weight excluding hydrogens is 276 g/mol. The lowest BCUT2D eigenvalue weighted by molar-refractivity contribution is -0.0455. The fraction of sp³-hybridized carbons (Fsp3) is 0.600. The van der Waals surface area contributed by atoms with Crippen molar-refractivity contribution in [2.24, 2.45) is 0 Å². The SMILES string of the molecule is CC(C)(Oc1cccc(Cl)c1)C(O)CN1CCNCC1. The fourth-order valence-electron chi connectivity index (χ4n) is 2.26. The molecule has 1 heterocycles. The third kappa shape index (κ3) is 4.35. The maximum atomic E-state index is 10.4. The molecule has 1 atom stereocenters. The zero-order valence-corrected chi connectivity index (χ0v) is 12.9. The van der Waals surface area contributed by atoms with Gasteiger partial charge in [0.1, 0.15) is 17.5 Å². The summed E-state index contributed by atoms with van der Waals surface area (Å²) in [7, 11) is 0. The molecule has 0 aromatic heterocycles. The van der Waals surface area contributed by atoms with E-state index >= 15 is 0 Å². The van der Waals surface area contributed by atoms with Crippen LogP contribution in [0, 0.1) is 0 Å². The van der Waals surface area contributed by atoms with Crippen molar-refractivity contribution in [1.82, 2.24) is 10.2 Å². The standard InChI is InChI=1S/C15H23ClN2O2/c1-15(2,20-13-5-3-4-12(16)10-13)14(19)11-18-8-6-17-7-9-18/h3-5,10,14,17,19H,6-9,11H2,1-2H3. The van der Waals surface area contributed by atoms with Crippen molar-refractivity contribution in [3.63, 3.8) is 0 Å². The number of nitrogens with one attached hydrogen (secondary N) is 1. The van der Waals surface area contributed by atoms with Crippen LogP contribution in [0.3, 0.4) is 0 Å². The van der Waals surface area contributed by atoms with Crippen molar-refractivity contribution in [2.45, 2.75) is 25.6 Å². The van der Waals surface area contributed by atoms with Gasteiger partial charge < -0.3 is 15.2 Å². The van der Waals surface area contributed by atoms with Crippen LogP contribution in [0.2, 0.25) is 5.02 Å². The van der Waals surface area contributed by atoms with Crippen LogP contribution in [0.5, 0.6) is 5.75 Å². The number of piperazine rings is 1. The number of β-amino-alcohol motifs (C(OH)–C–C–N with tert-alkyl or cyclic N) is 1. The monoisotopic (exact) mass is 298 g/mol. The first-order valence-electron chi connectivity index (χ1n) is 7.03. The molecule has 1 aliphatic rings. The first kappa shape index (κ1) is 15.6. The second-order valence-corrected chi connectivity index (χ2v) is 6.17. The topological polar surface area (TPSA) is 44.7 Å². The predicted octanol–water partition coefficient (Wildman–Crippen LogP) is 1.76. The molecule has 1 aromatic carbocycles. The summed E-state index contributed by atoms with van der Waals surface area (Å²) in [5.41, 5.74) is -0.657. The Morgan fingerprint density at radius 1 is 1.40 bits per heavy atom. The molecule has 0 spiro atoms. The van der Waals surface area contributed by atoms with Crippen LogP contribution in [0.1, 0.15) is 13.8 Å². The molecule has 1 unspecified atom stereocenters. The number of benzene rings is 1. The Hall–Kier alpha value is -0.810. The van der Waals surface area contributed by atoms with Crippen molar-refractivity contribution < 1.29 is 9.84 Å². The van der Waals surface area contributed by atoms with Crippen molar-refractivity contribution in [1.29, 1.82) is 0 Å². The number of hydrogen-bond acceptors (Lipinski definition) is 4. The van der Waals surface area contributed by atoms with Gasteiger partial charge in [-0.25, -0.2) is 0 Å². The number of nitrogens with zero attached hydrogens (tertiary/aromatic N) is 1. The summed E-state index contributed by atoms with van der Waals surface area (Å²) in [6, 6.07) is 7.26. The normalized spacial score (nSPS) is 18.8. The Kier molecular flexibility index (Phi) is 5.27. The summed E-state index contributed by atoms with van der Waals surface area (Å²) in [6.07, 6.45) is -0.556. The van der Waals surface area contributed by atoms with Gasteiger partial charge >= 0.3 is 0 Å².